The Hall–Kier alpha value is -1.07. The van der Waals surface area contributed by atoms with Crippen LogP contribution in [-0.2, 0) is 4.79 Å². The van der Waals surface area contributed by atoms with Gasteiger partial charge in [0.15, 0.2) is 6.54 Å². The van der Waals surface area contributed by atoms with Crippen LogP contribution in [0.1, 0.15) is 89.2 Å². The van der Waals surface area contributed by atoms with E-state index in [-0.39, 0.29) is 22.9 Å². The number of rotatable bonds is 16. The van der Waals surface area contributed by atoms with Crippen molar-refractivity contribution in [3.8, 4) is 5.75 Å². The zero-order valence-corrected chi connectivity index (χ0v) is 22.5. The van der Waals surface area contributed by atoms with Gasteiger partial charge in [-0.2, -0.15) is 0 Å². The first-order valence-corrected chi connectivity index (χ1v) is 12.1. The number of halogens is 1. The third-order valence-corrected chi connectivity index (χ3v) is 5.72. The summed E-state index contributed by atoms with van der Waals surface area (Å²) in [6.45, 7) is 11.9. The Morgan fingerprint density at radius 2 is 1.71 bits per heavy atom. The first-order chi connectivity index (χ1) is 14.2. The van der Waals surface area contributed by atoms with E-state index >= 15 is 0 Å². The molecule has 0 radical (unpaired) electrons. The topological polar surface area (TPSA) is 38.3 Å². The number of carbonyl (C=O) groups is 1. The standard InChI is InChI=1S/C26H46N2O2.BrH/c1-7-8-9-10-12-17-27-26(29)21-28(5,6)18-13-11-14-19-30-25-20-24(22(2)3)16-15-23(25)4;/h15-16,20,22H,7-14,17-19,21H2,1-6H3;1H. The molecule has 1 amide bonds. The fraction of sp³-hybridized carbons (Fsp3) is 0.731. The lowest BCUT2D eigenvalue weighted by Gasteiger charge is -2.29. The van der Waals surface area contributed by atoms with Gasteiger partial charge in [0.2, 0.25) is 0 Å². The quantitative estimate of drug-likeness (QED) is 0.281. The summed E-state index contributed by atoms with van der Waals surface area (Å²) in [6.07, 6.45) is 9.45. The number of hydrogen-bond acceptors (Lipinski definition) is 2. The second-order valence-electron chi connectivity index (χ2n) is 9.67. The Morgan fingerprint density at radius 1 is 1.03 bits per heavy atom. The molecule has 1 aromatic rings. The Kier molecular flexibility index (Phi) is 16.0. The number of amides is 1. The summed E-state index contributed by atoms with van der Waals surface area (Å²) in [5.74, 6) is 1.72. The molecule has 0 fully saturated rings. The molecule has 0 saturated carbocycles. The van der Waals surface area contributed by atoms with Crippen LogP contribution in [0.3, 0.4) is 0 Å². The molecular weight excluding hydrogens is 452 g/mol. The van der Waals surface area contributed by atoms with Crippen LogP contribution in [0.15, 0.2) is 18.2 Å². The number of ether oxygens (including phenoxy) is 1. The van der Waals surface area contributed by atoms with Crippen molar-refractivity contribution in [3.63, 3.8) is 0 Å². The van der Waals surface area contributed by atoms with E-state index in [9.17, 15) is 4.79 Å². The molecule has 180 valence electrons. The zero-order chi connectivity index (χ0) is 22.4. The molecule has 0 spiro atoms. The molecule has 1 N–H and O–H groups in total. The molecule has 31 heavy (non-hydrogen) atoms. The lowest BCUT2D eigenvalue weighted by atomic mass is 10.0. The highest BCUT2D eigenvalue weighted by Crippen LogP contribution is 2.24. The first-order valence-electron chi connectivity index (χ1n) is 12.1. The van der Waals surface area contributed by atoms with Gasteiger partial charge in [0.05, 0.1) is 27.2 Å². The minimum Gasteiger partial charge on any atom is -1.00 e. The summed E-state index contributed by atoms with van der Waals surface area (Å²) in [7, 11) is 4.30. The summed E-state index contributed by atoms with van der Waals surface area (Å²) in [4.78, 5) is 12.2. The summed E-state index contributed by atoms with van der Waals surface area (Å²) in [6, 6.07) is 6.53. The number of nitrogens with zero attached hydrogens (tertiary/aromatic N) is 1. The van der Waals surface area contributed by atoms with Crippen LogP contribution in [0.4, 0.5) is 0 Å². The number of nitrogens with one attached hydrogen (secondary N) is 1. The number of unbranched alkanes of at least 4 members (excludes halogenated alkanes) is 6. The molecule has 0 aliphatic rings. The van der Waals surface area contributed by atoms with Crippen LogP contribution in [0.2, 0.25) is 0 Å². The molecule has 0 atom stereocenters. The maximum atomic E-state index is 12.2. The summed E-state index contributed by atoms with van der Waals surface area (Å²) in [5, 5.41) is 3.09. The fourth-order valence-electron chi connectivity index (χ4n) is 3.61. The molecule has 0 aliphatic carbocycles. The Balaban J connectivity index is 0.00000900. The van der Waals surface area contributed by atoms with E-state index in [1.807, 2.05) is 0 Å². The SMILES string of the molecule is CCCCCCCNC(=O)C[N+](C)(C)CCCCCOc1cc(C(C)C)ccc1C.[Br-]. The third kappa shape index (κ3) is 13.8. The van der Waals surface area contributed by atoms with Crippen molar-refractivity contribution in [1.29, 1.82) is 0 Å². The van der Waals surface area contributed by atoms with Crippen molar-refractivity contribution in [2.75, 3.05) is 40.3 Å². The van der Waals surface area contributed by atoms with Gasteiger partial charge in [0.25, 0.3) is 5.91 Å². The van der Waals surface area contributed by atoms with E-state index in [1.165, 1.54) is 36.8 Å². The second kappa shape index (κ2) is 16.5. The van der Waals surface area contributed by atoms with Gasteiger partial charge in [0, 0.05) is 6.54 Å². The first kappa shape index (κ1) is 29.9. The van der Waals surface area contributed by atoms with Crippen molar-refractivity contribution in [1.82, 2.24) is 5.32 Å². The number of carbonyl (C=O) groups excluding carboxylic acids is 1. The number of likely N-dealkylation sites (N-methyl/N-ethyl adjacent to an activating group) is 1. The van der Waals surface area contributed by atoms with Gasteiger partial charge in [-0.1, -0.05) is 58.6 Å². The van der Waals surface area contributed by atoms with Crippen LogP contribution in [0.5, 0.6) is 5.75 Å². The highest BCUT2D eigenvalue weighted by Gasteiger charge is 2.19. The summed E-state index contributed by atoms with van der Waals surface area (Å²) < 4.78 is 6.78. The molecule has 5 heteroatoms. The van der Waals surface area contributed by atoms with Crippen LogP contribution in [0, 0.1) is 6.92 Å². The molecule has 0 bridgehead atoms. The van der Waals surface area contributed by atoms with Crippen molar-refractivity contribution in [3.05, 3.63) is 29.3 Å². The Morgan fingerprint density at radius 3 is 2.39 bits per heavy atom. The number of benzene rings is 1. The van der Waals surface area contributed by atoms with Gasteiger partial charge >= 0.3 is 0 Å². The minimum absolute atomic E-state index is 0. The molecule has 1 rings (SSSR count). The largest absolute Gasteiger partial charge is 1.00 e. The highest BCUT2D eigenvalue weighted by molar-refractivity contribution is 5.76. The predicted octanol–water partition coefficient (Wildman–Crippen LogP) is 2.83. The number of quaternary nitrogens is 1. The van der Waals surface area contributed by atoms with Crippen LogP contribution in [-0.4, -0.2) is 50.7 Å². The monoisotopic (exact) mass is 498 g/mol. The minimum atomic E-state index is 0. The summed E-state index contributed by atoms with van der Waals surface area (Å²) in [5.41, 5.74) is 2.53. The molecule has 0 aliphatic heterocycles. The van der Waals surface area contributed by atoms with Crippen molar-refractivity contribution < 1.29 is 31.0 Å². The smallest absolute Gasteiger partial charge is 0.275 e. The number of hydrogen-bond donors (Lipinski definition) is 1. The Bertz CT molecular complexity index is 617. The molecule has 1 aromatic carbocycles. The van der Waals surface area contributed by atoms with Gasteiger partial charge in [-0.15, -0.1) is 0 Å². The third-order valence-electron chi connectivity index (χ3n) is 5.72. The van der Waals surface area contributed by atoms with E-state index < -0.39 is 0 Å². The molecule has 4 nitrogen and oxygen atoms in total. The maximum absolute atomic E-state index is 12.2. The molecule has 0 unspecified atom stereocenters. The van der Waals surface area contributed by atoms with Crippen molar-refractivity contribution in [2.24, 2.45) is 0 Å². The van der Waals surface area contributed by atoms with Gasteiger partial charge in [-0.05, 0) is 55.7 Å². The van der Waals surface area contributed by atoms with Crippen LogP contribution in [0.25, 0.3) is 0 Å². The van der Waals surface area contributed by atoms with Gasteiger partial charge in [0.1, 0.15) is 5.75 Å². The van der Waals surface area contributed by atoms with Crippen LogP contribution < -0.4 is 27.0 Å². The molecule has 0 saturated heterocycles. The average Bonchev–Trinajstić information content (AvgIpc) is 2.67. The van der Waals surface area contributed by atoms with Crippen molar-refractivity contribution in [2.45, 2.75) is 85.0 Å². The van der Waals surface area contributed by atoms with Gasteiger partial charge < -0.3 is 31.5 Å². The van der Waals surface area contributed by atoms with E-state index in [4.69, 9.17) is 4.74 Å². The van der Waals surface area contributed by atoms with Gasteiger partial charge in [-0.3, -0.25) is 4.79 Å². The van der Waals surface area contributed by atoms with Crippen LogP contribution >= 0.6 is 0 Å². The lowest BCUT2D eigenvalue weighted by molar-refractivity contribution is -0.882. The predicted molar refractivity (Wildman–Crippen MR) is 128 cm³/mol. The Labute approximate surface area is 202 Å². The van der Waals surface area contributed by atoms with Gasteiger partial charge in [-0.25, -0.2) is 0 Å². The van der Waals surface area contributed by atoms with E-state index in [0.29, 0.717) is 12.5 Å². The molecular formula is C26H47BrN2O2. The highest BCUT2D eigenvalue weighted by atomic mass is 79.9. The van der Waals surface area contributed by atoms with Crippen molar-refractivity contribution >= 4 is 5.91 Å². The average molecular weight is 500 g/mol. The maximum Gasteiger partial charge on any atom is 0.275 e. The zero-order valence-electron chi connectivity index (χ0n) is 20.9. The molecule has 0 aromatic heterocycles. The lowest BCUT2D eigenvalue weighted by Crippen LogP contribution is -3.00. The van der Waals surface area contributed by atoms with E-state index in [2.05, 4.69) is 65.3 Å². The summed E-state index contributed by atoms with van der Waals surface area (Å²) >= 11 is 0. The molecule has 0 heterocycles. The normalized spacial score (nSPS) is 11.3. The van der Waals surface area contributed by atoms with E-state index in [1.54, 1.807) is 0 Å². The second-order valence-corrected chi connectivity index (χ2v) is 9.67. The number of aryl methyl sites for hydroxylation is 1. The van der Waals surface area contributed by atoms with E-state index in [0.717, 1.165) is 55.6 Å². The fourth-order valence-corrected chi connectivity index (χ4v) is 3.61.